The highest BCUT2D eigenvalue weighted by Gasteiger charge is 2.27. The lowest BCUT2D eigenvalue weighted by atomic mass is 10.3. The van der Waals surface area contributed by atoms with Crippen LogP contribution in [0.3, 0.4) is 0 Å². The van der Waals surface area contributed by atoms with Crippen LogP contribution in [0.15, 0.2) is 17.3 Å². The number of hydrogen-bond acceptors (Lipinski definition) is 7. The summed E-state index contributed by atoms with van der Waals surface area (Å²) in [6.45, 7) is 2.06. The lowest BCUT2D eigenvalue weighted by Gasteiger charge is -2.28. The van der Waals surface area contributed by atoms with Gasteiger partial charge >= 0.3 is 0 Å². The molecule has 0 aromatic carbocycles. The Hall–Kier alpha value is -1.61. The average molecular weight is 299 g/mol. The lowest BCUT2D eigenvalue weighted by Crippen LogP contribution is -2.33. The van der Waals surface area contributed by atoms with E-state index in [1.807, 2.05) is 11.1 Å². The summed E-state index contributed by atoms with van der Waals surface area (Å²) >= 11 is 1.12. The van der Waals surface area contributed by atoms with Crippen molar-refractivity contribution >= 4 is 32.2 Å². The summed E-state index contributed by atoms with van der Waals surface area (Å²) < 4.78 is 29.7. The van der Waals surface area contributed by atoms with Gasteiger partial charge in [-0.1, -0.05) is 0 Å². The van der Waals surface area contributed by atoms with E-state index in [-0.39, 0.29) is 10.7 Å². The standard InChI is InChI=1S/C10H13N5O2S2/c1-19(16,17)8-9(11)13-18-10(8)15-5-4-14-3-2-12-7(14)6-15/h2-3H,4-6H2,1H3,(H2,11,13). The topological polar surface area (TPSA) is 94.1 Å². The molecule has 2 aromatic heterocycles. The molecule has 19 heavy (non-hydrogen) atoms. The van der Waals surface area contributed by atoms with Crippen LogP contribution in [0.2, 0.25) is 0 Å². The third-order valence-electron chi connectivity index (χ3n) is 3.06. The van der Waals surface area contributed by atoms with Crippen molar-refractivity contribution < 1.29 is 8.42 Å². The molecule has 2 N–H and O–H groups in total. The van der Waals surface area contributed by atoms with Gasteiger partial charge in [-0.3, -0.25) is 0 Å². The molecule has 0 atom stereocenters. The molecule has 0 amide bonds. The summed E-state index contributed by atoms with van der Waals surface area (Å²) in [6, 6.07) is 0. The fourth-order valence-corrected chi connectivity index (χ4v) is 4.41. The Labute approximate surface area is 114 Å². The van der Waals surface area contributed by atoms with E-state index in [0.717, 1.165) is 30.2 Å². The van der Waals surface area contributed by atoms with E-state index in [9.17, 15) is 8.42 Å². The summed E-state index contributed by atoms with van der Waals surface area (Å²) in [5, 5.41) is 0.606. The van der Waals surface area contributed by atoms with Crippen molar-refractivity contribution in [3.63, 3.8) is 0 Å². The summed E-state index contributed by atoms with van der Waals surface area (Å²) in [4.78, 5) is 6.36. The normalized spacial score (nSPS) is 15.5. The van der Waals surface area contributed by atoms with Gasteiger partial charge in [-0.15, -0.1) is 0 Å². The number of imidazole rings is 1. The van der Waals surface area contributed by atoms with Gasteiger partial charge in [0.15, 0.2) is 15.7 Å². The Morgan fingerprint density at radius 3 is 2.95 bits per heavy atom. The first-order valence-corrected chi connectivity index (χ1v) is 8.33. The largest absolute Gasteiger partial charge is 0.382 e. The van der Waals surface area contributed by atoms with Crippen LogP contribution in [0.1, 0.15) is 5.82 Å². The molecule has 0 spiro atoms. The maximum Gasteiger partial charge on any atom is 0.182 e. The van der Waals surface area contributed by atoms with E-state index in [4.69, 9.17) is 5.73 Å². The molecule has 0 bridgehead atoms. The van der Waals surface area contributed by atoms with Crippen molar-refractivity contribution in [2.24, 2.45) is 0 Å². The number of rotatable bonds is 2. The smallest absolute Gasteiger partial charge is 0.182 e. The average Bonchev–Trinajstić information content (AvgIpc) is 2.92. The Kier molecular flexibility index (Phi) is 2.75. The molecule has 7 nitrogen and oxygen atoms in total. The zero-order valence-electron chi connectivity index (χ0n) is 10.3. The molecule has 0 radical (unpaired) electrons. The van der Waals surface area contributed by atoms with Crippen LogP contribution in [0.5, 0.6) is 0 Å². The number of anilines is 2. The first-order chi connectivity index (χ1) is 8.97. The number of nitrogens with zero attached hydrogens (tertiary/aromatic N) is 4. The second kappa shape index (κ2) is 4.20. The van der Waals surface area contributed by atoms with Gasteiger partial charge in [0, 0.05) is 31.7 Å². The number of nitrogen functional groups attached to an aromatic ring is 1. The summed E-state index contributed by atoms with van der Waals surface area (Å²) in [5.74, 6) is 0.995. The first kappa shape index (κ1) is 12.4. The van der Waals surface area contributed by atoms with E-state index in [2.05, 4.69) is 13.9 Å². The van der Waals surface area contributed by atoms with Crippen molar-refractivity contribution in [1.29, 1.82) is 0 Å². The molecule has 0 fully saturated rings. The van der Waals surface area contributed by atoms with Crippen molar-refractivity contribution in [3.05, 3.63) is 18.2 Å². The van der Waals surface area contributed by atoms with Crippen molar-refractivity contribution in [3.8, 4) is 0 Å². The third kappa shape index (κ3) is 2.08. The van der Waals surface area contributed by atoms with Crippen LogP contribution in [-0.4, -0.2) is 35.1 Å². The highest BCUT2D eigenvalue weighted by molar-refractivity contribution is 7.91. The Balaban J connectivity index is 2.01. The molecule has 9 heteroatoms. The molecule has 0 unspecified atom stereocenters. The van der Waals surface area contributed by atoms with Crippen LogP contribution < -0.4 is 10.6 Å². The molecule has 3 rings (SSSR count). The lowest BCUT2D eigenvalue weighted by molar-refractivity contribution is 0.559. The van der Waals surface area contributed by atoms with Crippen LogP contribution >= 0.6 is 11.5 Å². The Bertz CT molecular complexity index is 718. The van der Waals surface area contributed by atoms with E-state index in [1.54, 1.807) is 6.20 Å². The molecule has 0 saturated heterocycles. The highest BCUT2D eigenvalue weighted by Crippen LogP contribution is 2.36. The van der Waals surface area contributed by atoms with Gasteiger partial charge in [0.25, 0.3) is 0 Å². The molecule has 0 aliphatic carbocycles. The van der Waals surface area contributed by atoms with Gasteiger partial charge in [-0.25, -0.2) is 13.4 Å². The SMILES string of the molecule is CS(=O)(=O)c1c(N)nsc1N1CCn2ccnc2C1. The minimum atomic E-state index is -3.38. The summed E-state index contributed by atoms with van der Waals surface area (Å²) in [5.41, 5.74) is 5.68. The predicted octanol–water partition coefficient (Wildman–Crippen LogP) is 0.345. The second-order valence-electron chi connectivity index (χ2n) is 4.43. The number of fused-ring (bicyclic) bond motifs is 1. The first-order valence-electron chi connectivity index (χ1n) is 5.67. The van der Waals surface area contributed by atoms with Crippen molar-refractivity contribution in [2.45, 2.75) is 18.0 Å². The summed E-state index contributed by atoms with van der Waals surface area (Å²) in [6.07, 6.45) is 4.82. The maximum absolute atomic E-state index is 11.8. The van der Waals surface area contributed by atoms with Crippen molar-refractivity contribution in [2.75, 3.05) is 23.4 Å². The van der Waals surface area contributed by atoms with Gasteiger partial charge < -0.3 is 15.2 Å². The minimum absolute atomic E-state index is 0.0800. The summed E-state index contributed by atoms with van der Waals surface area (Å²) in [7, 11) is -3.38. The van der Waals surface area contributed by atoms with Crippen LogP contribution in [0.4, 0.5) is 10.8 Å². The van der Waals surface area contributed by atoms with E-state index in [0.29, 0.717) is 18.1 Å². The van der Waals surface area contributed by atoms with Gasteiger partial charge in [-0.2, -0.15) is 4.37 Å². The van der Waals surface area contributed by atoms with E-state index >= 15 is 0 Å². The van der Waals surface area contributed by atoms with Crippen molar-refractivity contribution in [1.82, 2.24) is 13.9 Å². The molecule has 2 aromatic rings. The van der Waals surface area contributed by atoms with Gasteiger partial charge in [0.05, 0.1) is 6.54 Å². The quantitative estimate of drug-likeness (QED) is 0.859. The molecule has 3 heterocycles. The minimum Gasteiger partial charge on any atom is -0.382 e. The molecular weight excluding hydrogens is 286 g/mol. The molecule has 1 aliphatic heterocycles. The molecule has 102 valence electrons. The van der Waals surface area contributed by atoms with Crippen LogP contribution in [0.25, 0.3) is 0 Å². The number of sulfone groups is 1. The van der Waals surface area contributed by atoms with E-state index in [1.165, 1.54) is 0 Å². The second-order valence-corrected chi connectivity index (χ2v) is 7.14. The number of hydrogen-bond donors (Lipinski definition) is 1. The van der Waals surface area contributed by atoms with Gasteiger partial charge in [0.2, 0.25) is 0 Å². The predicted molar refractivity (Wildman–Crippen MR) is 72.9 cm³/mol. The Morgan fingerprint density at radius 1 is 1.42 bits per heavy atom. The molecule has 0 saturated carbocycles. The number of nitrogens with two attached hydrogens (primary N) is 1. The fourth-order valence-electron chi connectivity index (χ4n) is 2.18. The third-order valence-corrected chi connectivity index (χ3v) is 5.26. The fraction of sp³-hybridized carbons (Fsp3) is 0.400. The monoisotopic (exact) mass is 299 g/mol. The van der Waals surface area contributed by atoms with E-state index < -0.39 is 9.84 Å². The molecule has 1 aliphatic rings. The van der Waals surface area contributed by atoms with Gasteiger partial charge in [0.1, 0.15) is 15.7 Å². The van der Waals surface area contributed by atoms with Gasteiger partial charge in [-0.05, 0) is 11.5 Å². The van der Waals surface area contributed by atoms with Crippen LogP contribution in [0, 0.1) is 0 Å². The zero-order valence-corrected chi connectivity index (χ0v) is 11.9. The Morgan fingerprint density at radius 2 is 2.21 bits per heavy atom. The molecular formula is C10H13N5O2S2. The van der Waals surface area contributed by atoms with Crippen LogP contribution in [-0.2, 0) is 22.9 Å². The zero-order chi connectivity index (χ0) is 13.6. The maximum atomic E-state index is 11.8. The highest BCUT2D eigenvalue weighted by atomic mass is 32.2. The number of aromatic nitrogens is 3.